The van der Waals surface area contributed by atoms with Gasteiger partial charge >= 0.3 is 0 Å². The minimum absolute atomic E-state index is 0.0187. The molecule has 1 amide bonds. The summed E-state index contributed by atoms with van der Waals surface area (Å²) in [5.74, 6) is -1.16. The van der Waals surface area contributed by atoms with Gasteiger partial charge in [-0.3, -0.25) is 9.59 Å². The van der Waals surface area contributed by atoms with E-state index in [1.54, 1.807) is 6.92 Å². The third kappa shape index (κ3) is 4.59. The van der Waals surface area contributed by atoms with Crippen LogP contribution in [0, 0.1) is 12.7 Å². The molecule has 2 aromatic heterocycles. The monoisotopic (exact) mass is 465 g/mol. The first-order valence-electron chi connectivity index (χ1n) is 9.98. The van der Waals surface area contributed by atoms with Crippen molar-refractivity contribution in [2.75, 3.05) is 25.1 Å². The van der Waals surface area contributed by atoms with E-state index >= 15 is 0 Å². The Hall–Kier alpha value is -3.70. The highest BCUT2D eigenvalue weighted by Gasteiger charge is 2.32. The number of ether oxygens (including phenoxy) is 1. The molecule has 2 N–H and O–H groups in total. The van der Waals surface area contributed by atoms with E-state index in [4.69, 9.17) is 4.74 Å². The van der Waals surface area contributed by atoms with Crippen LogP contribution in [0.25, 0.3) is 11.0 Å². The van der Waals surface area contributed by atoms with Crippen molar-refractivity contribution < 1.29 is 27.1 Å². The molecule has 0 bridgehead atoms. The predicted octanol–water partition coefficient (Wildman–Crippen LogP) is 2.87. The first-order chi connectivity index (χ1) is 15.8. The van der Waals surface area contributed by atoms with E-state index in [1.165, 1.54) is 23.1 Å². The number of alkyl halides is 3. The molecule has 0 radical (unpaired) electrons. The molecule has 174 valence electrons. The standard InChI is InChI=1S/C21H19F4N5O3/c1-10-27-19(26-7-11-3-2-4-13(17(11)23)18(24)25)14-5-15(21(32)29-20(14)28-10)33-12-8-30(9-12)16(31)6-22/h2-5,12,18H,6-9H2,1H3,(H2,26,27,28,29,32). The van der Waals surface area contributed by atoms with Crippen molar-refractivity contribution in [1.29, 1.82) is 0 Å². The Morgan fingerprint density at radius 3 is 2.79 bits per heavy atom. The fraction of sp³-hybridized carbons (Fsp3) is 0.333. The largest absolute Gasteiger partial charge is 0.481 e. The molecule has 33 heavy (non-hydrogen) atoms. The molecule has 1 aliphatic rings. The molecule has 12 heteroatoms. The molecular formula is C21H19F4N5O3. The number of likely N-dealkylation sites (tertiary alicyclic amines) is 1. The van der Waals surface area contributed by atoms with Gasteiger partial charge in [-0.1, -0.05) is 18.2 Å². The van der Waals surface area contributed by atoms with Gasteiger partial charge in [-0.15, -0.1) is 0 Å². The SMILES string of the molecule is Cc1nc(NCc2cccc(C(F)F)c2F)c2cc(OC3CN(C(=O)CF)C3)c(=O)[nH]c2n1. The van der Waals surface area contributed by atoms with Crippen LogP contribution in [0.2, 0.25) is 0 Å². The van der Waals surface area contributed by atoms with Crippen molar-refractivity contribution in [3.63, 3.8) is 0 Å². The topological polar surface area (TPSA) is 100 Å². The second kappa shape index (κ2) is 9.04. The number of nitrogens with zero attached hydrogens (tertiary/aromatic N) is 3. The van der Waals surface area contributed by atoms with Crippen molar-refractivity contribution in [2.45, 2.75) is 26.0 Å². The summed E-state index contributed by atoms with van der Waals surface area (Å²) >= 11 is 0. The maximum Gasteiger partial charge on any atom is 0.291 e. The zero-order chi connectivity index (χ0) is 23.7. The zero-order valence-electron chi connectivity index (χ0n) is 17.4. The van der Waals surface area contributed by atoms with Gasteiger partial charge in [0.15, 0.2) is 12.4 Å². The number of nitrogens with one attached hydrogen (secondary N) is 2. The van der Waals surface area contributed by atoms with E-state index in [0.29, 0.717) is 11.2 Å². The molecule has 1 aromatic carbocycles. The molecule has 4 rings (SSSR count). The lowest BCUT2D eigenvalue weighted by Gasteiger charge is -2.38. The van der Waals surface area contributed by atoms with Crippen LogP contribution in [0.1, 0.15) is 23.4 Å². The number of aryl methyl sites for hydroxylation is 1. The van der Waals surface area contributed by atoms with Gasteiger partial charge in [0.05, 0.1) is 24.0 Å². The number of H-pyrrole nitrogens is 1. The lowest BCUT2D eigenvalue weighted by molar-refractivity contribution is -0.140. The Labute approximate surface area is 184 Å². The number of halogens is 4. The van der Waals surface area contributed by atoms with Gasteiger partial charge in [0.2, 0.25) is 0 Å². The van der Waals surface area contributed by atoms with E-state index in [9.17, 15) is 27.2 Å². The van der Waals surface area contributed by atoms with Gasteiger partial charge in [0.25, 0.3) is 17.9 Å². The molecule has 3 aromatic rings. The third-order valence-electron chi connectivity index (χ3n) is 5.19. The smallest absolute Gasteiger partial charge is 0.291 e. The minimum atomic E-state index is -2.94. The van der Waals surface area contributed by atoms with E-state index < -0.39 is 42.1 Å². The number of aromatic nitrogens is 3. The number of benzene rings is 1. The van der Waals surface area contributed by atoms with Crippen LogP contribution in [-0.4, -0.2) is 51.6 Å². The lowest BCUT2D eigenvalue weighted by Crippen LogP contribution is -2.56. The molecule has 1 aliphatic heterocycles. The molecule has 3 heterocycles. The van der Waals surface area contributed by atoms with Crippen molar-refractivity contribution >= 4 is 22.8 Å². The maximum absolute atomic E-state index is 14.4. The predicted molar refractivity (Wildman–Crippen MR) is 111 cm³/mol. The number of fused-ring (bicyclic) bond motifs is 1. The Balaban J connectivity index is 1.58. The second-order valence-corrected chi connectivity index (χ2v) is 7.49. The quantitative estimate of drug-likeness (QED) is 0.521. The van der Waals surface area contributed by atoms with Crippen LogP contribution in [-0.2, 0) is 11.3 Å². The van der Waals surface area contributed by atoms with Crippen LogP contribution in [0.3, 0.4) is 0 Å². The van der Waals surface area contributed by atoms with Crippen LogP contribution in [0.5, 0.6) is 5.75 Å². The first kappa shape index (κ1) is 22.5. The number of amides is 1. The summed E-state index contributed by atoms with van der Waals surface area (Å²) in [7, 11) is 0. The van der Waals surface area contributed by atoms with Gasteiger partial charge < -0.3 is 19.9 Å². The average Bonchev–Trinajstić information content (AvgIpc) is 2.74. The van der Waals surface area contributed by atoms with E-state index in [1.807, 2.05) is 0 Å². The van der Waals surface area contributed by atoms with Gasteiger partial charge in [-0.2, -0.15) is 0 Å². The number of anilines is 1. The van der Waals surface area contributed by atoms with Gasteiger partial charge in [0.1, 0.15) is 29.2 Å². The number of carbonyl (C=O) groups is 1. The number of hydrogen-bond acceptors (Lipinski definition) is 6. The van der Waals surface area contributed by atoms with Gasteiger partial charge in [-0.05, 0) is 6.92 Å². The van der Waals surface area contributed by atoms with Crippen LogP contribution >= 0.6 is 0 Å². The van der Waals surface area contributed by atoms with Gasteiger partial charge in [0, 0.05) is 18.2 Å². The minimum Gasteiger partial charge on any atom is -0.481 e. The van der Waals surface area contributed by atoms with Crippen molar-refractivity contribution in [2.24, 2.45) is 0 Å². The van der Waals surface area contributed by atoms with Crippen LogP contribution in [0.4, 0.5) is 23.4 Å². The van der Waals surface area contributed by atoms with E-state index in [-0.39, 0.29) is 42.4 Å². The van der Waals surface area contributed by atoms with Crippen molar-refractivity contribution in [1.82, 2.24) is 19.9 Å². The molecule has 8 nitrogen and oxygen atoms in total. The Morgan fingerprint density at radius 2 is 2.09 bits per heavy atom. The van der Waals surface area contributed by atoms with Gasteiger partial charge in [-0.25, -0.2) is 27.5 Å². The number of aromatic amines is 1. The zero-order valence-corrected chi connectivity index (χ0v) is 17.4. The fourth-order valence-corrected chi connectivity index (χ4v) is 3.47. The number of carbonyl (C=O) groups excluding carboxylic acids is 1. The molecule has 0 unspecified atom stereocenters. The Bertz CT molecular complexity index is 1260. The molecule has 0 aliphatic carbocycles. The lowest BCUT2D eigenvalue weighted by atomic mass is 10.1. The summed E-state index contributed by atoms with van der Waals surface area (Å²) in [5.41, 5.74) is -1.03. The summed E-state index contributed by atoms with van der Waals surface area (Å²) in [5, 5.41) is 3.26. The number of rotatable bonds is 7. The highest BCUT2D eigenvalue weighted by molar-refractivity contribution is 5.87. The average molecular weight is 465 g/mol. The Morgan fingerprint density at radius 1 is 1.33 bits per heavy atom. The van der Waals surface area contributed by atoms with E-state index in [2.05, 4.69) is 20.3 Å². The molecular weight excluding hydrogens is 446 g/mol. The van der Waals surface area contributed by atoms with Crippen LogP contribution in [0.15, 0.2) is 29.1 Å². The summed E-state index contributed by atoms with van der Waals surface area (Å²) in [6.45, 7) is 0.646. The summed E-state index contributed by atoms with van der Waals surface area (Å²) < 4.78 is 58.4. The highest BCUT2D eigenvalue weighted by atomic mass is 19.3. The molecule has 1 fully saturated rings. The third-order valence-corrected chi connectivity index (χ3v) is 5.19. The Kier molecular flexibility index (Phi) is 6.16. The molecule has 0 saturated carbocycles. The number of pyridine rings is 1. The second-order valence-electron chi connectivity index (χ2n) is 7.49. The molecule has 0 spiro atoms. The van der Waals surface area contributed by atoms with Crippen LogP contribution < -0.4 is 15.6 Å². The summed E-state index contributed by atoms with van der Waals surface area (Å²) in [4.78, 5) is 36.0. The maximum atomic E-state index is 14.4. The van der Waals surface area contributed by atoms with Crippen molar-refractivity contribution in [3.8, 4) is 5.75 Å². The first-order valence-corrected chi connectivity index (χ1v) is 9.98. The number of hydrogen-bond donors (Lipinski definition) is 2. The normalized spacial score (nSPS) is 13.9. The summed E-state index contributed by atoms with van der Waals surface area (Å²) in [6, 6.07) is 5.14. The fourth-order valence-electron chi connectivity index (χ4n) is 3.47. The highest BCUT2D eigenvalue weighted by Crippen LogP contribution is 2.26. The van der Waals surface area contributed by atoms with E-state index in [0.717, 1.165) is 6.07 Å². The summed E-state index contributed by atoms with van der Waals surface area (Å²) in [6.07, 6.45) is -3.42. The molecule has 1 saturated heterocycles. The molecule has 0 atom stereocenters. The van der Waals surface area contributed by atoms with Crippen molar-refractivity contribution in [3.05, 3.63) is 57.4 Å².